The molecule has 1 atom stereocenters. The number of aromatic nitrogens is 2. The number of anilines is 1. The summed E-state index contributed by atoms with van der Waals surface area (Å²) in [5.74, 6) is 0.841. The first kappa shape index (κ1) is 20.3. The fraction of sp³-hybridized carbons (Fsp3) is 0.417. The van der Waals surface area contributed by atoms with Gasteiger partial charge < -0.3 is 19.5 Å². The highest BCUT2D eigenvalue weighted by atomic mass is 16.6. The average molecular weight is 407 g/mol. The molecule has 1 aliphatic rings. The Bertz CT molecular complexity index is 1030. The fourth-order valence-electron chi connectivity index (χ4n) is 3.77. The van der Waals surface area contributed by atoms with Crippen molar-refractivity contribution < 1.29 is 9.53 Å². The van der Waals surface area contributed by atoms with E-state index in [4.69, 9.17) is 9.72 Å². The van der Waals surface area contributed by atoms with Crippen LogP contribution in [0.4, 0.5) is 10.7 Å². The van der Waals surface area contributed by atoms with Gasteiger partial charge in [0.15, 0.2) is 0 Å². The Morgan fingerprint density at radius 3 is 2.63 bits per heavy atom. The summed E-state index contributed by atoms with van der Waals surface area (Å²) in [4.78, 5) is 19.0. The summed E-state index contributed by atoms with van der Waals surface area (Å²) in [5.41, 5.74) is 4.07. The zero-order valence-electron chi connectivity index (χ0n) is 18.2. The van der Waals surface area contributed by atoms with Crippen LogP contribution < -0.4 is 5.32 Å². The van der Waals surface area contributed by atoms with Gasteiger partial charge in [-0.05, 0) is 51.8 Å². The van der Waals surface area contributed by atoms with Gasteiger partial charge in [-0.3, -0.25) is 0 Å². The third-order valence-corrected chi connectivity index (χ3v) is 5.29. The molecule has 4 rings (SSSR count). The van der Waals surface area contributed by atoms with E-state index >= 15 is 0 Å². The number of nitrogens with zero attached hydrogens (tertiary/aromatic N) is 3. The Morgan fingerprint density at radius 1 is 1.17 bits per heavy atom. The number of hydrogen-bond donors (Lipinski definition) is 1. The Labute approximate surface area is 177 Å². The van der Waals surface area contributed by atoms with E-state index in [0.717, 1.165) is 29.9 Å². The van der Waals surface area contributed by atoms with Crippen LogP contribution in [-0.2, 0) is 11.3 Å². The van der Waals surface area contributed by atoms with Crippen molar-refractivity contribution in [3.63, 3.8) is 0 Å². The summed E-state index contributed by atoms with van der Waals surface area (Å²) in [7, 11) is 0. The summed E-state index contributed by atoms with van der Waals surface area (Å²) in [6.07, 6.45) is 0.618. The summed E-state index contributed by atoms with van der Waals surface area (Å²) in [6.45, 7) is 9.82. The van der Waals surface area contributed by atoms with Crippen LogP contribution in [0.3, 0.4) is 0 Å². The summed E-state index contributed by atoms with van der Waals surface area (Å²) >= 11 is 0. The highest BCUT2D eigenvalue weighted by Crippen LogP contribution is 2.24. The SMILES string of the molecule is Cc1ccc(Cn2c(N[C@@H]3CCN(C(=O)OC(C)(C)C)C3)nc3ccccc32)cc1. The van der Waals surface area contributed by atoms with Crippen LogP contribution in [0.1, 0.15) is 38.3 Å². The number of rotatable bonds is 4. The zero-order valence-corrected chi connectivity index (χ0v) is 18.2. The smallest absolute Gasteiger partial charge is 0.410 e. The molecule has 0 saturated carbocycles. The van der Waals surface area contributed by atoms with Crippen LogP contribution in [0.15, 0.2) is 48.5 Å². The Kier molecular flexibility index (Phi) is 5.41. The first-order valence-electron chi connectivity index (χ1n) is 10.5. The van der Waals surface area contributed by atoms with E-state index in [2.05, 4.69) is 47.1 Å². The van der Waals surface area contributed by atoms with Gasteiger partial charge in [-0.25, -0.2) is 9.78 Å². The predicted molar refractivity (Wildman–Crippen MR) is 120 cm³/mol. The number of hydrogen-bond acceptors (Lipinski definition) is 4. The summed E-state index contributed by atoms with van der Waals surface area (Å²) in [5, 5.41) is 3.58. The standard InChI is InChI=1S/C24H30N4O2/c1-17-9-11-18(12-10-17)15-28-21-8-6-5-7-20(21)26-22(28)25-19-13-14-27(16-19)23(29)30-24(2,3)4/h5-12,19H,13-16H2,1-4H3,(H,25,26)/t19-/m1/s1. The number of ether oxygens (including phenoxy) is 1. The van der Waals surface area contributed by atoms with Gasteiger partial charge in [-0.1, -0.05) is 42.0 Å². The quantitative estimate of drug-likeness (QED) is 0.675. The van der Waals surface area contributed by atoms with Crippen LogP contribution in [-0.4, -0.2) is 45.3 Å². The van der Waals surface area contributed by atoms with Gasteiger partial charge in [0.1, 0.15) is 5.60 Å². The number of carbonyl (C=O) groups is 1. The highest BCUT2D eigenvalue weighted by Gasteiger charge is 2.30. The van der Waals surface area contributed by atoms with Gasteiger partial charge in [0.25, 0.3) is 0 Å². The summed E-state index contributed by atoms with van der Waals surface area (Å²) in [6, 6.07) is 16.9. The number of imidazole rings is 1. The van der Waals surface area contributed by atoms with Crippen molar-refractivity contribution in [1.82, 2.24) is 14.5 Å². The fourth-order valence-corrected chi connectivity index (χ4v) is 3.77. The molecule has 2 aromatic carbocycles. The molecule has 0 unspecified atom stereocenters. The number of nitrogens with one attached hydrogen (secondary N) is 1. The molecule has 1 N–H and O–H groups in total. The van der Waals surface area contributed by atoms with Gasteiger partial charge in [0.05, 0.1) is 17.6 Å². The maximum absolute atomic E-state index is 12.4. The van der Waals surface area contributed by atoms with E-state index in [1.165, 1.54) is 11.1 Å². The molecule has 6 nitrogen and oxygen atoms in total. The molecule has 1 amide bonds. The van der Waals surface area contributed by atoms with Gasteiger partial charge in [-0.15, -0.1) is 0 Å². The zero-order chi connectivity index (χ0) is 21.3. The minimum Gasteiger partial charge on any atom is -0.444 e. The van der Waals surface area contributed by atoms with Gasteiger partial charge in [0.2, 0.25) is 5.95 Å². The van der Waals surface area contributed by atoms with Crippen molar-refractivity contribution in [3.8, 4) is 0 Å². The van der Waals surface area contributed by atoms with Gasteiger partial charge in [0, 0.05) is 19.1 Å². The lowest BCUT2D eigenvalue weighted by atomic mass is 10.1. The lowest BCUT2D eigenvalue weighted by Crippen LogP contribution is -2.36. The molecular weight excluding hydrogens is 376 g/mol. The van der Waals surface area contributed by atoms with E-state index in [9.17, 15) is 4.79 Å². The van der Waals surface area contributed by atoms with E-state index in [1.807, 2.05) is 39.0 Å². The average Bonchev–Trinajstić information content (AvgIpc) is 3.28. The second-order valence-corrected chi connectivity index (χ2v) is 9.05. The van der Waals surface area contributed by atoms with E-state index < -0.39 is 5.60 Å². The molecule has 1 aliphatic heterocycles. The maximum Gasteiger partial charge on any atom is 0.410 e. The third kappa shape index (κ3) is 4.58. The molecule has 0 bridgehead atoms. The van der Waals surface area contributed by atoms with Crippen LogP contribution >= 0.6 is 0 Å². The molecule has 0 spiro atoms. The minimum atomic E-state index is -0.482. The van der Waals surface area contributed by atoms with Gasteiger partial charge >= 0.3 is 6.09 Å². The van der Waals surface area contributed by atoms with E-state index in [0.29, 0.717) is 13.1 Å². The molecular formula is C24H30N4O2. The monoisotopic (exact) mass is 406 g/mol. The molecule has 6 heteroatoms. The first-order valence-corrected chi connectivity index (χ1v) is 10.5. The lowest BCUT2D eigenvalue weighted by molar-refractivity contribution is 0.0293. The van der Waals surface area contributed by atoms with Crippen molar-refractivity contribution in [1.29, 1.82) is 0 Å². The molecule has 30 heavy (non-hydrogen) atoms. The van der Waals surface area contributed by atoms with Crippen molar-refractivity contribution in [2.75, 3.05) is 18.4 Å². The van der Waals surface area contributed by atoms with Gasteiger partial charge in [-0.2, -0.15) is 0 Å². The van der Waals surface area contributed by atoms with Crippen molar-refractivity contribution >= 4 is 23.1 Å². The molecule has 0 radical (unpaired) electrons. The first-order chi connectivity index (χ1) is 14.3. The molecule has 1 aromatic heterocycles. The van der Waals surface area contributed by atoms with E-state index in [1.54, 1.807) is 4.90 Å². The highest BCUT2D eigenvalue weighted by molar-refractivity contribution is 5.79. The molecule has 0 aliphatic carbocycles. The minimum absolute atomic E-state index is 0.145. The number of fused-ring (bicyclic) bond motifs is 1. The number of aryl methyl sites for hydroxylation is 1. The number of amides is 1. The Morgan fingerprint density at radius 2 is 1.90 bits per heavy atom. The van der Waals surface area contributed by atoms with Crippen molar-refractivity contribution in [3.05, 3.63) is 59.7 Å². The lowest BCUT2D eigenvalue weighted by Gasteiger charge is -2.24. The molecule has 158 valence electrons. The predicted octanol–water partition coefficient (Wildman–Crippen LogP) is 4.81. The molecule has 1 saturated heterocycles. The number of likely N-dealkylation sites (tertiary alicyclic amines) is 1. The number of carbonyl (C=O) groups excluding carboxylic acids is 1. The van der Waals surface area contributed by atoms with Crippen LogP contribution in [0, 0.1) is 6.92 Å². The second kappa shape index (κ2) is 8.01. The molecule has 1 fully saturated rings. The number of para-hydroxylation sites is 2. The topological polar surface area (TPSA) is 59.4 Å². The van der Waals surface area contributed by atoms with Crippen molar-refractivity contribution in [2.24, 2.45) is 0 Å². The Balaban J connectivity index is 1.53. The maximum atomic E-state index is 12.4. The van der Waals surface area contributed by atoms with Crippen molar-refractivity contribution in [2.45, 2.75) is 52.3 Å². The largest absolute Gasteiger partial charge is 0.444 e. The van der Waals surface area contributed by atoms with Crippen LogP contribution in [0.5, 0.6) is 0 Å². The van der Waals surface area contributed by atoms with Crippen LogP contribution in [0.2, 0.25) is 0 Å². The second-order valence-electron chi connectivity index (χ2n) is 9.05. The normalized spacial score (nSPS) is 16.8. The third-order valence-electron chi connectivity index (χ3n) is 5.29. The van der Waals surface area contributed by atoms with E-state index in [-0.39, 0.29) is 12.1 Å². The number of benzene rings is 2. The van der Waals surface area contributed by atoms with Crippen LogP contribution in [0.25, 0.3) is 11.0 Å². The summed E-state index contributed by atoms with van der Waals surface area (Å²) < 4.78 is 7.74. The molecule has 3 aromatic rings. The molecule has 2 heterocycles. The Hall–Kier alpha value is -3.02.